The Morgan fingerprint density at radius 3 is 2.17 bits per heavy atom. The highest BCUT2D eigenvalue weighted by atomic mass is 32.2. The van der Waals surface area contributed by atoms with Gasteiger partial charge in [-0.15, -0.1) is 0 Å². The van der Waals surface area contributed by atoms with Gasteiger partial charge in [-0.3, -0.25) is 9.52 Å². The summed E-state index contributed by atoms with van der Waals surface area (Å²) in [6.45, 7) is 7.81. The molecule has 30 heavy (non-hydrogen) atoms. The number of carbonyl (C=O) groups excluding carboxylic acids is 1. The van der Waals surface area contributed by atoms with Crippen molar-refractivity contribution in [3.05, 3.63) is 94.5 Å². The maximum atomic E-state index is 12.7. The van der Waals surface area contributed by atoms with Gasteiger partial charge in [0.2, 0.25) is 0 Å². The Hall–Kier alpha value is -3.12. The average molecular weight is 423 g/mol. The SMILES string of the molecule is Cc1ccc(C(C)NC(=O)c2ccc(NS(=O)(=O)c3ccccc3)c(C)c2)cc1C. The molecule has 1 atom stereocenters. The van der Waals surface area contributed by atoms with Crippen molar-refractivity contribution in [1.29, 1.82) is 0 Å². The molecule has 0 heterocycles. The molecule has 1 unspecified atom stereocenters. The van der Waals surface area contributed by atoms with E-state index < -0.39 is 10.0 Å². The first-order valence-electron chi connectivity index (χ1n) is 9.74. The van der Waals surface area contributed by atoms with Gasteiger partial charge in [-0.05, 0) is 80.3 Å². The second-order valence-corrected chi connectivity index (χ2v) is 9.17. The van der Waals surface area contributed by atoms with E-state index in [4.69, 9.17) is 0 Å². The van der Waals surface area contributed by atoms with E-state index in [0.717, 1.165) is 5.56 Å². The Bertz CT molecular complexity index is 1170. The topological polar surface area (TPSA) is 75.3 Å². The first-order valence-corrected chi connectivity index (χ1v) is 11.2. The second kappa shape index (κ2) is 8.71. The van der Waals surface area contributed by atoms with Gasteiger partial charge in [0.25, 0.3) is 15.9 Å². The van der Waals surface area contributed by atoms with Crippen LogP contribution in [0.3, 0.4) is 0 Å². The highest BCUT2D eigenvalue weighted by Crippen LogP contribution is 2.22. The number of aryl methyl sites for hydroxylation is 3. The minimum Gasteiger partial charge on any atom is -0.346 e. The molecule has 5 nitrogen and oxygen atoms in total. The molecule has 0 saturated heterocycles. The fourth-order valence-corrected chi connectivity index (χ4v) is 4.27. The summed E-state index contributed by atoms with van der Waals surface area (Å²) in [5, 5.41) is 3.00. The van der Waals surface area contributed by atoms with Gasteiger partial charge in [0.15, 0.2) is 0 Å². The van der Waals surface area contributed by atoms with E-state index in [2.05, 4.69) is 23.0 Å². The molecule has 1 amide bonds. The van der Waals surface area contributed by atoms with Crippen LogP contribution in [0.2, 0.25) is 0 Å². The van der Waals surface area contributed by atoms with Crippen LogP contribution in [0.4, 0.5) is 5.69 Å². The van der Waals surface area contributed by atoms with Crippen LogP contribution in [0.25, 0.3) is 0 Å². The van der Waals surface area contributed by atoms with Crippen molar-refractivity contribution in [1.82, 2.24) is 5.32 Å². The van der Waals surface area contributed by atoms with Crippen LogP contribution < -0.4 is 10.0 Å². The second-order valence-electron chi connectivity index (χ2n) is 7.49. The zero-order chi connectivity index (χ0) is 21.9. The zero-order valence-corrected chi connectivity index (χ0v) is 18.4. The van der Waals surface area contributed by atoms with E-state index >= 15 is 0 Å². The molecule has 0 fully saturated rings. The molecule has 0 bridgehead atoms. The molecule has 156 valence electrons. The predicted octanol–water partition coefficient (Wildman–Crippen LogP) is 4.90. The summed E-state index contributed by atoms with van der Waals surface area (Å²) in [4.78, 5) is 12.9. The fraction of sp³-hybridized carbons (Fsp3) is 0.208. The van der Waals surface area contributed by atoms with Crippen molar-refractivity contribution >= 4 is 21.6 Å². The van der Waals surface area contributed by atoms with Gasteiger partial charge in [0.05, 0.1) is 16.6 Å². The molecule has 3 aromatic carbocycles. The zero-order valence-electron chi connectivity index (χ0n) is 17.6. The van der Waals surface area contributed by atoms with Crippen molar-refractivity contribution in [2.75, 3.05) is 4.72 Å². The first-order chi connectivity index (χ1) is 14.2. The van der Waals surface area contributed by atoms with Crippen LogP contribution in [0.1, 0.15) is 45.6 Å². The van der Waals surface area contributed by atoms with Crippen LogP contribution >= 0.6 is 0 Å². The van der Waals surface area contributed by atoms with Crippen molar-refractivity contribution in [3.63, 3.8) is 0 Å². The predicted molar refractivity (Wildman–Crippen MR) is 120 cm³/mol. The number of hydrogen-bond donors (Lipinski definition) is 2. The van der Waals surface area contributed by atoms with Crippen LogP contribution in [0.15, 0.2) is 71.6 Å². The molecule has 0 aliphatic heterocycles. The molecule has 2 N–H and O–H groups in total. The van der Waals surface area contributed by atoms with E-state index in [9.17, 15) is 13.2 Å². The van der Waals surface area contributed by atoms with Gasteiger partial charge in [-0.2, -0.15) is 0 Å². The molecular formula is C24H26N2O3S. The summed E-state index contributed by atoms with van der Waals surface area (Å²) in [6.07, 6.45) is 0. The Balaban J connectivity index is 1.74. The molecule has 0 spiro atoms. The van der Waals surface area contributed by atoms with Gasteiger partial charge in [-0.1, -0.05) is 36.4 Å². The minimum atomic E-state index is -3.68. The van der Waals surface area contributed by atoms with E-state index in [1.54, 1.807) is 43.3 Å². The molecule has 0 aliphatic rings. The number of hydrogen-bond acceptors (Lipinski definition) is 3. The van der Waals surface area contributed by atoms with Crippen molar-refractivity contribution < 1.29 is 13.2 Å². The summed E-state index contributed by atoms with van der Waals surface area (Å²) in [7, 11) is -3.68. The Morgan fingerprint density at radius 1 is 0.833 bits per heavy atom. The summed E-state index contributed by atoms with van der Waals surface area (Å²) in [5.41, 5.74) is 5.01. The molecule has 0 radical (unpaired) electrons. The van der Waals surface area contributed by atoms with Gasteiger partial charge in [-0.25, -0.2) is 8.42 Å². The van der Waals surface area contributed by atoms with E-state index in [1.165, 1.54) is 23.3 Å². The van der Waals surface area contributed by atoms with Gasteiger partial charge < -0.3 is 5.32 Å². The van der Waals surface area contributed by atoms with Crippen LogP contribution in [0.5, 0.6) is 0 Å². The molecule has 0 saturated carbocycles. The van der Waals surface area contributed by atoms with E-state index in [-0.39, 0.29) is 16.8 Å². The maximum Gasteiger partial charge on any atom is 0.261 e. The molecule has 3 rings (SSSR count). The van der Waals surface area contributed by atoms with Crippen molar-refractivity contribution in [3.8, 4) is 0 Å². The van der Waals surface area contributed by atoms with E-state index in [1.807, 2.05) is 26.0 Å². The first kappa shape index (κ1) is 21.6. The number of anilines is 1. The lowest BCUT2D eigenvalue weighted by Gasteiger charge is -2.17. The summed E-state index contributed by atoms with van der Waals surface area (Å²) in [6, 6.07) is 19.1. The number of carbonyl (C=O) groups is 1. The lowest BCUT2D eigenvalue weighted by Crippen LogP contribution is -2.26. The smallest absolute Gasteiger partial charge is 0.261 e. The average Bonchev–Trinajstić information content (AvgIpc) is 2.72. The highest BCUT2D eigenvalue weighted by molar-refractivity contribution is 7.92. The number of amides is 1. The quantitative estimate of drug-likeness (QED) is 0.593. The molecule has 0 aliphatic carbocycles. The number of benzene rings is 3. The van der Waals surface area contributed by atoms with E-state index in [0.29, 0.717) is 16.8 Å². The molecular weight excluding hydrogens is 396 g/mol. The Morgan fingerprint density at radius 2 is 1.53 bits per heavy atom. The van der Waals surface area contributed by atoms with Crippen LogP contribution in [0, 0.1) is 20.8 Å². The third kappa shape index (κ3) is 4.89. The largest absolute Gasteiger partial charge is 0.346 e. The molecule has 6 heteroatoms. The number of nitrogens with one attached hydrogen (secondary N) is 2. The Kier molecular flexibility index (Phi) is 6.27. The monoisotopic (exact) mass is 422 g/mol. The third-order valence-corrected chi connectivity index (χ3v) is 6.55. The number of sulfonamides is 1. The maximum absolute atomic E-state index is 12.7. The summed E-state index contributed by atoms with van der Waals surface area (Å²) >= 11 is 0. The summed E-state index contributed by atoms with van der Waals surface area (Å²) < 4.78 is 27.7. The highest BCUT2D eigenvalue weighted by Gasteiger charge is 2.17. The third-order valence-electron chi connectivity index (χ3n) is 5.16. The standard InChI is InChI=1S/C24H26N2O3S/c1-16-10-11-20(14-17(16)2)19(4)25-24(27)21-12-13-23(18(3)15-21)26-30(28,29)22-8-6-5-7-9-22/h5-15,19,26H,1-4H3,(H,25,27). The van der Waals surface area contributed by atoms with Crippen molar-refractivity contribution in [2.24, 2.45) is 0 Å². The normalized spacial score (nSPS) is 12.3. The van der Waals surface area contributed by atoms with Crippen molar-refractivity contribution in [2.45, 2.75) is 38.6 Å². The summed E-state index contributed by atoms with van der Waals surface area (Å²) in [5.74, 6) is -0.207. The van der Waals surface area contributed by atoms with Crippen LogP contribution in [-0.4, -0.2) is 14.3 Å². The molecule has 3 aromatic rings. The lowest BCUT2D eigenvalue weighted by atomic mass is 10.0. The number of rotatable bonds is 6. The minimum absolute atomic E-state index is 0.145. The molecule has 0 aromatic heterocycles. The Labute approximate surface area is 178 Å². The van der Waals surface area contributed by atoms with Gasteiger partial charge >= 0.3 is 0 Å². The van der Waals surface area contributed by atoms with Gasteiger partial charge in [0, 0.05) is 5.56 Å². The fourth-order valence-electron chi connectivity index (χ4n) is 3.12. The van der Waals surface area contributed by atoms with Crippen LogP contribution in [-0.2, 0) is 10.0 Å². The van der Waals surface area contributed by atoms with Gasteiger partial charge in [0.1, 0.15) is 0 Å². The lowest BCUT2D eigenvalue weighted by molar-refractivity contribution is 0.0940.